The summed E-state index contributed by atoms with van der Waals surface area (Å²) in [6.45, 7) is 1.87. The molecule has 13 heteroatoms. The lowest BCUT2D eigenvalue weighted by Gasteiger charge is -2.20. The van der Waals surface area contributed by atoms with Crippen molar-refractivity contribution >= 4 is 38.3 Å². The zero-order valence-corrected chi connectivity index (χ0v) is 19.3. The van der Waals surface area contributed by atoms with Crippen LogP contribution in [-0.2, 0) is 10.4 Å². The van der Waals surface area contributed by atoms with Crippen LogP contribution in [0.15, 0.2) is 58.3 Å². The van der Waals surface area contributed by atoms with Crippen molar-refractivity contribution in [1.29, 1.82) is 0 Å². The number of hydrogen-bond acceptors (Lipinski definition) is 10. The number of anilines is 1. The zero-order chi connectivity index (χ0) is 25.0. The van der Waals surface area contributed by atoms with Gasteiger partial charge in [-0.25, -0.2) is 19.3 Å². The fraction of sp³-hybridized carbons (Fsp3) is 0.130. The number of imidazole rings is 1. The Morgan fingerprint density at radius 2 is 2.00 bits per heavy atom. The van der Waals surface area contributed by atoms with Crippen LogP contribution in [0.4, 0.5) is 10.2 Å². The molecule has 6 rings (SSSR count). The van der Waals surface area contributed by atoms with Crippen molar-refractivity contribution in [2.75, 3.05) is 5.32 Å². The predicted octanol–water partition coefficient (Wildman–Crippen LogP) is 3.84. The summed E-state index contributed by atoms with van der Waals surface area (Å²) >= 11 is 0. The van der Waals surface area contributed by atoms with Gasteiger partial charge in [0, 0.05) is 0 Å². The number of aromatic nitrogens is 4. The first-order valence-electron chi connectivity index (χ1n) is 10.8. The van der Waals surface area contributed by atoms with Gasteiger partial charge < -0.3 is 23.1 Å². The number of aromatic amines is 1. The van der Waals surface area contributed by atoms with Crippen LogP contribution in [-0.4, -0.2) is 28.4 Å². The number of halogens is 1. The quantitative estimate of drug-likeness (QED) is 0.358. The first-order valence-corrected chi connectivity index (χ1v) is 12.1. The van der Waals surface area contributed by atoms with Crippen molar-refractivity contribution in [3.05, 3.63) is 70.9 Å². The van der Waals surface area contributed by atoms with Gasteiger partial charge in [-0.3, -0.25) is 4.79 Å². The van der Waals surface area contributed by atoms with Crippen molar-refractivity contribution in [2.45, 2.75) is 19.4 Å². The lowest BCUT2D eigenvalue weighted by Crippen LogP contribution is -2.18. The van der Waals surface area contributed by atoms with E-state index in [1.807, 2.05) is 6.92 Å². The minimum Gasteiger partial charge on any atom is -0.458 e. The molecule has 4 heterocycles. The first kappa shape index (κ1) is 22.0. The number of nitrogens with one attached hydrogen (secondary N) is 2. The first-order chi connectivity index (χ1) is 17.3. The molecule has 0 spiro atoms. The molecule has 0 radical (unpaired) electrons. The molecule has 5 aromatic rings. The van der Waals surface area contributed by atoms with Crippen LogP contribution in [0.1, 0.15) is 25.1 Å². The highest BCUT2D eigenvalue weighted by atomic mass is 32.3. The van der Waals surface area contributed by atoms with E-state index in [0.29, 0.717) is 23.4 Å². The molecule has 0 unspecified atom stereocenters. The third-order valence-corrected chi connectivity index (χ3v) is 6.51. The average molecular weight is 509 g/mol. The Hall–Kier alpha value is -4.52. The van der Waals surface area contributed by atoms with Crippen LogP contribution in [0.25, 0.3) is 33.3 Å². The zero-order valence-electron chi connectivity index (χ0n) is 18.5. The molecule has 2 aromatic carbocycles. The maximum Gasteiger partial charge on any atom is 0.501 e. The number of fused-ring (bicyclic) bond motifs is 4. The molecule has 2 N–H and O–H groups in total. The van der Waals surface area contributed by atoms with Gasteiger partial charge in [0.05, 0.1) is 17.9 Å². The van der Waals surface area contributed by atoms with Crippen molar-refractivity contribution in [3.63, 3.8) is 0 Å². The van der Waals surface area contributed by atoms with Gasteiger partial charge >= 0.3 is 10.4 Å². The minimum atomic E-state index is -4.36. The smallest absolute Gasteiger partial charge is 0.458 e. The SMILES string of the molecule is CC[C@H](Nc1ncnc2nc[nH]c12)c1oc2ccc3c(c2c(=O)c1-c1cccc(F)c1)OS(=O)(=O)O3. The van der Waals surface area contributed by atoms with Crippen LogP contribution >= 0.6 is 0 Å². The van der Waals surface area contributed by atoms with E-state index in [1.54, 1.807) is 6.07 Å². The number of nitrogens with zero attached hydrogens (tertiary/aromatic N) is 3. The summed E-state index contributed by atoms with van der Waals surface area (Å²) in [5.41, 5.74) is 0.752. The lowest BCUT2D eigenvalue weighted by molar-refractivity contribution is 0.437. The molecular formula is C23H16FN5O6S. The molecule has 36 heavy (non-hydrogen) atoms. The van der Waals surface area contributed by atoms with E-state index in [0.717, 1.165) is 0 Å². The molecule has 0 bridgehead atoms. The van der Waals surface area contributed by atoms with Crippen molar-refractivity contribution < 1.29 is 25.6 Å². The summed E-state index contributed by atoms with van der Waals surface area (Å²) in [6.07, 6.45) is 3.27. The molecule has 1 aliphatic heterocycles. The summed E-state index contributed by atoms with van der Waals surface area (Å²) in [5.74, 6) is -0.348. The van der Waals surface area contributed by atoms with Gasteiger partial charge in [-0.15, -0.1) is 8.42 Å². The van der Waals surface area contributed by atoms with E-state index in [1.165, 1.54) is 43.0 Å². The van der Waals surface area contributed by atoms with Gasteiger partial charge in [-0.1, -0.05) is 19.1 Å². The summed E-state index contributed by atoms with van der Waals surface area (Å²) in [4.78, 5) is 29.4. The monoisotopic (exact) mass is 509 g/mol. The van der Waals surface area contributed by atoms with Gasteiger partial charge in [0.2, 0.25) is 11.2 Å². The highest BCUT2D eigenvalue weighted by Gasteiger charge is 2.34. The Morgan fingerprint density at radius 3 is 2.81 bits per heavy atom. The molecule has 0 aliphatic carbocycles. The summed E-state index contributed by atoms with van der Waals surface area (Å²) in [5, 5.41) is 3.12. The van der Waals surface area contributed by atoms with E-state index in [-0.39, 0.29) is 39.4 Å². The molecule has 11 nitrogen and oxygen atoms in total. The normalized spacial score (nSPS) is 14.8. The van der Waals surface area contributed by atoms with E-state index < -0.39 is 27.7 Å². The van der Waals surface area contributed by atoms with E-state index >= 15 is 0 Å². The molecule has 3 aromatic heterocycles. The van der Waals surface area contributed by atoms with Crippen LogP contribution in [0, 0.1) is 5.82 Å². The van der Waals surface area contributed by atoms with E-state index in [9.17, 15) is 17.6 Å². The average Bonchev–Trinajstić information content (AvgIpc) is 3.45. The molecule has 182 valence electrons. The fourth-order valence-corrected chi connectivity index (χ4v) is 4.94. The van der Waals surface area contributed by atoms with Gasteiger partial charge in [0.15, 0.2) is 17.2 Å². The van der Waals surface area contributed by atoms with Gasteiger partial charge in [0.1, 0.15) is 34.4 Å². The molecule has 0 fully saturated rings. The second kappa shape index (κ2) is 8.02. The Balaban J connectivity index is 1.61. The summed E-state index contributed by atoms with van der Waals surface area (Å²) < 4.78 is 53.9. The highest BCUT2D eigenvalue weighted by Crippen LogP contribution is 2.43. The Morgan fingerprint density at radius 1 is 1.14 bits per heavy atom. The van der Waals surface area contributed by atoms with Crippen LogP contribution in [0.2, 0.25) is 0 Å². The largest absolute Gasteiger partial charge is 0.501 e. The standard InChI is InChI=1S/C23H16FN5O6S/c1-2-13(29-23-18-22(26-9-25-18)27-10-28-23)20-16(11-4-3-5-12(24)8-11)19(30)17-14(33-20)6-7-15-21(17)35-36(31,32)34-15/h3-10,13H,2H2,1H3,(H2,25,26,27,28,29)/t13-/m0/s1. The fourth-order valence-electron chi connectivity index (χ4n) is 4.18. The second-order valence-corrected chi connectivity index (χ2v) is 9.10. The van der Waals surface area contributed by atoms with Gasteiger partial charge in [0.25, 0.3) is 0 Å². The lowest BCUT2D eigenvalue weighted by atomic mass is 9.97. The Labute approximate surface area is 202 Å². The van der Waals surface area contributed by atoms with Crippen LogP contribution in [0.5, 0.6) is 11.5 Å². The van der Waals surface area contributed by atoms with E-state index in [2.05, 4.69) is 25.3 Å². The topological polar surface area (TPSA) is 149 Å². The molecular weight excluding hydrogens is 493 g/mol. The third-order valence-electron chi connectivity index (χ3n) is 5.75. The predicted molar refractivity (Wildman–Crippen MR) is 126 cm³/mol. The Bertz CT molecular complexity index is 1830. The van der Waals surface area contributed by atoms with Crippen molar-refractivity contribution in [1.82, 2.24) is 19.9 Å². The maximum absolute atomic E-state index is 14.2. The second-order valence-electron chi connectivity index (χ2n) is 7.95. The highest BCUT2D eigenvalue weighted by molar-refractivity contribution is 7.82. The third kappa shape index (κ3) is 3.51. The van der Waals surface area contributed by atoms with Gasteiger partial charge in [-0.05, 0) is 36.2 Å². The van der Waals surface area contributed by atoms with E-state index in [4.69, 9.17) is 12.8 Å². The number of rotatable bonds is 5. The molecule has 1 aliphatic rings. The van der Waals surface area contributed by atoms with Crippen molar-refractivity contribution in [2.24, 2.45) is 0 Å². The number of benzene rings is 2. The number of H-pyrrole nitrogens is 1. The molecule has 0 saturated heterocycles. The van der Waals surface area contributed by atoms with Crippen LogP contribution in [0.3, 0.4) is 0 Å². The molecule has 0 saturated carbocycles. The summed E-state index contributed by atoms with van der Waals surface area (Å²) in [7, 11) is -4.36. The summed E-state index contributed by atoms with van der Waals surface area (Å²) in [6, 6.07) is 7.63. The van der Waals surface area contributed by atoms with Gasteiger partial charge in [-0.2, -0.15) is 0 Å². The number of hydrogen-bond donors (Lipinski definition) is 2. The van der Waals surface area contributed by atoms with Crippen molar-refractivity contribution in [3.8, 4) is 22.6 Å². The molecule has 0 amide bonds. The van der Waals surface area contributed by atoms with Crippen LogP contribution < -0.4 is 19.1 Å². The minimum absolute atomic E-state index is 0.0394. The Kier molecular flexibility index (Phi) is 4.89. The molecule has 1 atom stereocenters. The maximum atomic E-state index is 14.2.